The van der Waals surface area contributed by atoms with Crippen LogP contribution in [-0.2, 0) is 0 Å². The fraction of sp³-hybridized carbons (Fsp3) is 0.200. The van der Waals surface area contributed by atoms with Crippen LogP contribution in [0.15, 0.2) is 77.3 Å². The third-order valence-electron chi connectivity index (χ3n) is 4.58. The number of halogens is 1. The Morgan fingerprint density at radius 1 is 0.968 bits per heavy atom. The van der Waals surface area contributed by atoms with Gasteiger partial charge in [-0.3, -0.25) is 9.59 Å². The van der Waals surface area contributed by atoms with E-state index in [0.717, 1.165) is 10.2 Å². The summed E-state index contributed by atoms with van der Waals surface area (Å²) in [5.74, 6) is -0.0450. The zero-order valence-electron chi connectivity index (χ0n) is 17.8. The molecule has 0 unspecified atom stereocenters. The molecule has 0 radical (unpaired) electrons. The van der Waals surface area contributed by atoms with Crippen LogP contribution < -0.4 is 15.0 Å². The van der Waals surface area contributed by atoms with Gasteiger partial charge in [0.25, 0.3) is 11.8 Å². The predicted molar refractivity (Wildman–Crippen MR) is 128 cm³/mol. The molecule has 0 saturated heterocycles. The topological polar surface area (TPSA) is 58.6 Å². The summed E-state index contributed by atoms with van der Waals surface area (Å²) in [5.41, 5.74) is 2.06. The highest BCUT2D eigenvalue weighted by atomic mass is 79.9. The van der Waals surface area contributed by atoms with Crippen molar-refractivity contribution in [3.8, 4) is 5.75 Å². The van der Waals surface area contributed by atoms with Crippen LogP contribution in [0.3, 0.4) is 0 Å². The molecule has 0 heterocycles. The van der Waals surface area contributed by atoms with Crippen LogP contribution in [0, 0.1) is 0 Å². The Kier molecular flexibility index (Phi) is 7.47. The first-order chi connectivity index (χ1) is 14.9. The number of anilines is 2. The fourth-order valence-corrected chi connectivity index (χ4v) is 3.56. The molecule has 1 N–H and O–H groups in total. The lowest BCUT2D eigenvalue weighted by atomic mass is 10.1. The summed E-state index contributed by atoms with van der Waals surface area (Å²) in [6.45, 7) is 6.23. The largest absolute Gasteiger partial charge is 0.490 e. The Morgan fingerprint density at radius 3 is 2.32 bits per heavy atom. The zero-order chi connectivity index (χ0) is 22.4. The molecule has 0 aliphatic carbocycles. The lowest BCUT2D eigenvalue weighted by Gasteiger charge is -2.22. The van der Waals surface area contributed by atoms with Crippen molar-refractivity contribution in [3.63, 3.8) is 0 Å². The summed E-state index contributed by atoms with van der Waals surface area (Å²) in [6.07, 6.45) is -0.0782. The van der Waals surface area contributed by atoms with Crippen molar-refractivity contribution in [1.29, 1.82) is 0 Å². The SMILES string of the molecule is CCN(C(=O)c1ccccc1NC(=O)c1cc(Br)ccc1OC(C)C)c1ccccc1. The smallest absolute Gasteiger partial charge is 0.260 e. The number of carbonyl (C=O) groups excluding carboxylic acids is 2. The van der Waals surface area contributed by atoms with Gasteiger partial charge in [-0.05, 0) is 63.2 Å². The molecule has 6 heteroatoms. The molecule has 0 aromatic heterocycles. The number of benzene rings is 3. The van der Waals surface area contributed by atoms with Gasteiger partial charge in [-0.2, -0.15) is 0 Å². The molecule has 0 aliphatic rings. The Balaban J connectivity index is 1.92. The molecule has 0 saturated carbocycles. The van der Waals surface area contributed by atoms with Crippen LogP contribution in [0.5, 0.6) is 5.75 Å². The highest BCUT2D eigenvalue weighted by Gasteiger charge is 2.21. The first kappa shape index (κ1) is 22.6. The molecule has 160 valence electrons. The predicted octanol–water partition coefficient (Wildman–Crippen LogP) is 6.16. The quantitative estimate of drug-likeness (QED) is 0.440. The van der Waals surface area contributed by atoms with E-state index >= 15 is 0 Å². The van der Waals surface area contributed by atoms with Gasteiger partial charge in [-0.25, -0.2) is 0 Å². The fourth-order valence-electron chi connectivity index (χ4n) is 3.20. The van der Waals surface area contributed by atoms with Crippen LogP contribution in [0.2, 0.25) is 0 Å². The molecule has 2 amide bonds. The van der Waals surface area contributed by atoms with Gasteiger partial charge in [0.05, 0.1) is 22.9 Å². The van der Waals surface area contributed by atoms with Gasteiger partial charge >= 0.3 is 0 Å². The molecule has 5 nitrogen and oxygen atoms in total. The average Bonchev–Trinajstić information content (AvgIpc) is 2.76. The summed E-state index contributed by atoms with van der Waals surface area (Å²) in [6, 6.07) is 21.8. The number of ether oxygens (including phenoxy) is 1. The number of carbonyl (C=O) groups is 2. The van der Waals surface area contributed by atoms with Crippen molar-refractivity contribution in [2.45, 2.75) is 26.9 Å². The maximum atomic E-state index is 13.3. The second-order valence-electron chi connectivity index (χ2n) is 7.19. The van der Waals surface area contributed by atoms with E-state index in [4.69, 9.17) is 4.74 Å². The Bertz CT molecular complexity index is 1070. The molecule has 31 heavy (non-hydrogen) atoms. The van der Waals surface area contributed by atoms with Crippen molar-refractivity contribution < 1.29 is 14.3 Å². The van der Waals surface area contributed by atoms with Crippen LogP contribution in [0.4, 0.5) is 11.4 Å². The number of nitrogens with one attached hydrogen (secondary N) is 1. The Labute approximate surface area is 191 Å². The second-order valence-corrected chi connectivity index (χ2v) is 8.11. The van der Waals surface area contributed by atoms with Crippen LogP contribution in [0.1, 0.15) is 41.5 Å². The molecular formula is C25H25BrN2O3. The Morgan fingerprint density at radius 2 is 1.65 bits per heavy atom. The number of para-hydroxylation sites is 2. The second kappa shape index (κ2) is 10.3. The van der Waals surface area contributed by atoms with E-state index in [1.807, 2.05) is 57.2 Å². The number of nitrogens with zero attached hydrogens (tertiary/aromatic N) is 1. The van der Waals surface area contributed by atoms with Gasteiger partial charge in [0.2, 0.25) is 0 Å². The number of amides is 2. The van der Waals surface area contributed by atoms with E-state index in [0.29, 0.717) is 29.1 Å². The minimum atomic E-state index is -0.347. The van der Waals surface area contributed by atoms with Gasteiger partial charge in [-0.1, -0.05) is 46.3 Å². The molecule has 3 aromatic rings. The van der Waals surface area contributed by atoms with Crippen molar-refractivity contribution in [3.05, 3.63) is 88.4 Å². The maximum Gasteiger partial charge on any atom is 0.260 e. The van der Waals surface area contributed by atoms with E-state index in [-0.39, 0.29) is 17.9 Å². The molecule has 0 atom stereocenters. The van der Waals surface area contributed by atoms with Crippen molar-refractivity contribution in [1.82, 2.24) is 0 Å². The average molecular weight is 481 g/mol. The summed E-state index contributed by atoms with van der Waals surface area (Å²) in [4.78, 5) is 28.1. The van der Waals surface area contributed by atoms with Gasteiger partial charge < -0.3 is 15.0 Å². The molecule has 0 bridgehead atoms. The first-order valence-corrected chi connectivity index (χ1v) is 10.9. The minimum Gasteiger partial charge on any atom is -0.490 e. The van der Waals surface area contributed by atoms with Gasteiger partial charge in [0, 0.05) is 16.7 Å². The van der Waals surface area contributed by atoms with Crippen LogP contribution in [-0.4, -0.2) is 24.5 Å². The Hall–Kier alpha value is -3.12. The molecule has 3 rings (SSSR count). The monoisotopic (exact) mass is 480 g/mol. The van der Waals surface area contributed by atoms with E-state index < -0.39 is 0 Å². The van der Waals surface area contributed by atoms with Gasteiger partial charge in [0.1, 0.15) is 5.75 Å². The van der Waals surface area contributed by atoms with E-state index in [2.05, 4.69) is 21.2 Å². The van der Waals surface area contributed by atoms with Crippen molar-refractivity contribution in [2.24, 2.45) is 0 Å². The summed E-state index contributed by atoms with van der Waals surface area (Å²) in [5, 5.41) is 2.89. The molecule has 0 spiro atoms. The molecule has 0 aliphatic heterocycles. The lowest BCUT2D eigenvalue weighted by molar-refractivity contribution is 0.0989. The summed E-state index contributed by atoms with van der Waals surface area (Å²) >= 11 is 3.41. The van der Waals surface area contributed by atoms with Crippen LogP contribution in [0.25, 0.3) is 0 Å². The number of hydrogen-bond donors (Lipinski definition) is 1. The highest BCUT2D eigenvalue weighted by Crippen LogP contribution is 2.27. The maximum absolute atomic E-state index is 13.3. The summed E-state index contributed by atoms with van der Waals surface area (Å²) in [7, 11) is 0. The highest BCUT2D eigenvalue weighted by molar-refractivity contribution is 9.10. The summed E-state index contributed by atoms with van der Waals surface area (Å²) < 4.78 is 6.56. The van der Waals surface area contributed by atoms with Gasteiger partial charge in [0.15, 0.2) is 0 Å². The number of rotatable bonds is 7. The minimum absolute atomic E-state index is 0.0782. The number of hydrogen-bond acceptors (Lipinski definition) is 3. The molecular weight excluding hydrogens is 456 g/mol. The van der Waals surface area contributed by atoms with E-state index in [9.17, 15) is 9.59 Å². The van der Waals surface area contributed by atoms with Crippen molar-refractivity contribution in [2.75, 3.05) is 16.8 Å². The van der Waals surface area contributed by atoms with E-state index in [1.54, 1.807) is 41.3 Å². The lowest BCUT2D eigenvalue weighted by Crippen LogP contribution is -2.31. The third-order valence-corrected chi connectivity index (χ3v) is 5.08. The molecule has 3 aromatic carbocycles. The normalized spacial score (nSPS) is 10.6. The standard InChI is InChI=1S/C25H25BrN2O3/c1-4-28(19-10-6-5-7-11-19)25(30)20-12-8-9-13-22(20)27-24(29)21-16-18(26)14-15-23(21)31-17(2)3/h5-17H,4H2,1-3H3,(H,27,29). The zero-order valence-corrected chi connectivity index (χ0v) is 19.3. The first-order valence-electron chi connectivity index (χ1n) is 10.1. The van der Waals surface area contributed by atoms with Gasteiger partial charge in [-0.15, -0.1) is 0 Å². The third kappa shape index (κ3) is 5.52. The van der Waals surface area contributed by atoms with Crippen LogP contribution >= 0.6 is 15.9 Å². The van der Waals surface area contributed by atoms with Crippen molar-refractivity contribution >= 4 is 39.1 Å². The van der Waals surface area contributed by atoms with E-state index in [1.165, 1.54) is 0 Å². The molecule has 0 fully saturated rings.